The summed E-state index contributed by atoms with van der Waals surface area (Å²) in [6.07, 6.45) is 71.0. The topological polar surface area (TPSA) is 189 Å². The summed E-state index contributed by atoms with van der Waals surface area (Å²) in [6, 6.07) is -1.19. The predicted molar refractivity (Wildman–Crippen MR) is 362 cm³/mol. The smallest absolute Gasteiger partial charge is 0.249 e. The first kappa shape index (κ1) is 82.3. The van der Waals surface area contributed by atoms with Gasteiger partial charge in [-0.25, -0.2) is 0 Å². The van der Waals surface area contributed by atoms with Crippen LogP contribution in [0, 0.1) is 0 Å². The van der Waals surface area contributed by atoms with Gasteiger partial charge in [-0.2, -0.15) is 0 Å². The van der Waals surface area contributed by atoms with Crippen LogP contribution in [0.25, 0.3) is 0 Å². The van der Waals surface area contributed by atoms with Crippen molar-refractivity contribution < 1.29 is 50.0 Å². The van der Waals surface area contributed by atoms with Crippen LogP contribution in [0.1, 0.15) is 367 Å². The number of nitrogens with one attached hydrogen (secondary N) is 1. The molecule has 0 aromatic rings. The van der Waals surface area contributed by atoms with Crippen molar-refractivity contribution in [3.05, 3.63) is 36.5 Å². The minimum absolute atomic E-state index is 0.248. The third kappa shape index (κ3) is 50.0. The zero-order chi connectivity index (χ0) is 62.4. The fourth-order valence-electron chi connectivity index (χ4n) is 12.2. The molecule has 11 nitrogen and oxygen atoms in total. The monoisotopic (exact) mass is 1220 g/mol. The van der Waals surface area contributed by atoms with E-state index in [2.05, 4.69) is 55.6 Å². The van der Waals surface area contributed by atoms with Gasteiger partial charge >= 0.3 is 0 Å². The molecule has 508 valence electrons. The highest BCUT2D eigenvalue weighted by atomic mass is 16.7. The molecule has 1 heterocycles. The zero-order valence-corrected chi connectivity index (χ0v) is 56.3. The second kappa shape index (κ2) is 63.5. The number of rotatable bonds is 66. The van der Waals surface area contributed by atoms with Gasteiger partial charge in [0.1, 0.15) is 36.6 Å². The number of aliphatic hydroxyl groups excluding tert-OH is 7. The van der Waals surface area contributed by atoms with Gasteiger partial charge in [0.25, 0.3) is 0 Å². The second-order valence-electron chi connectivity index (χ2n) is 26.4. The molecular weight excluding hydrogens is 1070 g/mol. The van der Waals surface area contributed by atoms with Gasteiger partial charge in [-0.1, -0.05) is 326 Å². The van der Waals surface area contributed by atoms with Crippen molar-refractivity contribution in [1.82, 2.24) is 5.32 Å². The quantitative estimate of drug-likeness (QED) is 0.0215. The average Bonchev–Trinajstić information content (AvgIpc) is 3.00. The molecule has 1 rings (SSSR count). The summed E-state index contributed by atoms with van der Waals surface area (Å²) < 4.78 is 11.2. The van der Waals surface area contributed by atoms with Gasteiger partial charge < -0.3 is 50.5 Å². The minimum Gasteiger partial charge on any atom is -0.394 e. The number of ether oxygens (including phenoxy) is 2. The Kier molecular flexibility index (Phi) is 60.8. The van der Waals surface area contributed by atoms with E-state index in [0.29, 0.717) is 19.3 Å². The van der Waals surface area contributed by atoms with Crippen molar-refractivity contribution in [2.24, 2.45) is 0 Å². The van der Waals surface area contributed by atoms with Crippen LogP contribution in [-0.4, -0.2) is 110 Å². The molecule has 0 aromatic heterocycles. The first-order valence-corrected chi connectivity index (χ1v) is 37.4. The van der Waals surface area contributed by atoms with Gasteiger partial charge in [-0.05, 0) is 77.0 Å². The number of allylic oxidation sites excluding steroid dienone is 6. The van der Waals surface area contributed by atoms with E-state index in [-0.39, 0.29) is 12.8 Å². The molecule has 8 N–H and O–H groups in total. The van der Waals surface area contributed by atoms with Crippen LogP contribution in [0.2, 0.25) is 0 Å². The van der Waals surface area contributed by atoms with Gasteiger partial charge in [0.05, 0.1) is 25.4 Å². The maximum Gasteiger partial charge on any atom is 0.249 e. The average molecular weight is 1220 g/mol. The summed E-state index contributed by atoms with van der Waals surface area (Å²) >= 11 is 0. The lowest BCUT2D eigenvalue weighted by Gasteiger charge is -2.40. The van der Waals surface area contributed by atoms with Crippen molar-refractivity contribution in [3.63, 3.8) is 0 Å². The fourth-order valence-corrected chi connectivity index (χ4v) is 12.2. The van der Waals surface area contributed by atoms with Gasteiger partial charge in [0.2, 0.25) is 5.91 Å². The van der Waals surface area contributed by atoms with Crippen molar-refractivity contribution in [3.8, 4) is 0 Å². The number of unbranched alkanes of at least 4 members (excludes halogenated alkanes) is 48. The van der Waals surface area contributed by atoms with Crippen LogP contribution in [0.4, 0.5) is 0 Å². The molecule has 0 radical (unpaired) electrons. The molecule has 0 aliphatic carbocycles. The second-order valence-corrected chi connectivity index (χ2v) is 26.4. The Labute approximate surface area is 530 Å². The molecule has 1 saturated heterocycles. The molecule has 0 bridgehead atoms. The van der Waals surface area contributed by atoms with Crippen LogP contribution in [-0.2, 0) is 14.3 Å². The van der Waals surface area contributed by atoms with E-state index < -0.39 is 74.2 Å². The molecule has 86 heavy (non-hydrogen) atoms. The summed E-state index contributed by atoms with van der Waals surface area (Å²) in [5.74, 6) is -0.705. The zero-order valence-electron chi connectivity index (χ0n) is 56.3. The number of aliphatic hydroxyl groups is 7. The summed E-state index contributed by atoms with van der Waals surface area (Å²) in [7, 11) is 0. The highest BCUT2D eigenvalue weighted by molar-refractivity contribution is 5.80. The molecule has 1 aliphatic heterocycles. The van der Waals surface area contributed by atoms with Crippen LogP contribution < -0.4 is 5.32 Å². The van der Waals surface area contributed by atoms with Crippen molar-refractivity contribution in [2.45, 2.75) is 422 Å². The van der Waals surface area contributed by atoms with Gasteiger partial charge in [0, 0.05) is 0 Å². The highest BCUT2D eigenvalue weighted by Gasteiger charge is 2.44. The molecule has 11 heteroatoms. The summed E-state index contributed by atoms with van der Waals surface area (Å²) in [5, 5.41) is 76.6. The van der Waals surface area contributed by atoms with Crippen molar-refractivity contribution >= 4 is 5.91 Å². The third-order valence-electron chi connectivity index (χ3n) is 18.1. The van der Waals surface area contributed by atoms with Gasteiger partial charge in [0.15, 0.2) is 6.29 Å². The van der Waals surface area contributed by atoms with Crippen molar-refractivity contribution in [1.29, 1.82) is 0 Å². The lowest BCUT2D eigenvalue weighted by Crippen LogP contribution is -2.60. The number of hydrogen-bond acceptors (Lipinski definition) is 10. The molecule has 9 atom stereocenters. The first-order chi connectivity index (χ1) is 42.2. The summed E-state index contributed by atoms with van der Waals surface area (Å²) in [4.78, 5) is 13.3. The third-order valence-corrected chi connectivity index (χ3v) is 18.1. The molecule has 1 fully saturated rings. The number of hydrogen-bond donors (Lipinski definition) is 8. The lowest BCUT2D eigenvalue weighted by molar-refractivity contribution is -0.303. The van der Waals surface area contributed by atoms with E-state index >= 15 is 0 Å². The van der Waals surface area contributed by atoms with E-state index in [1.807, 2.05) is 0 Å². The van der Waals surface area contributed by atoms with E-state index in [1.165, 1.54) is 283 Å². The highest BCUT2D eigenvalue weighted by Crippen LogP contribution is 2.24. The SMILES string of the molecule is CCCCCCCCCCCCCC/C=C\CCCCCCCCCCCCCCCCC(O)C(=O)NC(COC1OC(CO)C(O)C(O)C1O)C(O)C(O)CCC/C=C/CC/C=C/CCCCCCCCCCCCCCCCCCCCCC. The molecule has 9 unspecified atom stereocenters. The molecule has 1 amide bonds. The van der Waals surface area contributed by atoms with E-state index in [0.717, 1.165) is 38.5 Å². The summed E-state index contributed by atoms with van der Waals surface area (Å²) in [6.45, 7) is 3.50. The Balaban J connectivity index is 2.20. The van der Waals surface area contributed by atoms with Crippen LogP contribution in [0.15, 0.2) is 36.5 Å². The van der Waals surface area contributed by atoms with E-state index in [1.54, 1.807) is 0 Å². The van der Waals surface area contributed by atoms with Crippen molar-refractivity contribution in [2.75, 3.05) is 13.2 Å². The molecule has 0 saturated carbocycles. The summed E-state index contributed by atoms with van der Waals surface area (Å²) in [5.41, 5.74) is 0. The fraction of sp³-hybridized carbons (Fsp3) is 0.907. The van der Waals surface area contributed by atoms with Gasteiger partial charge in [-0.3, -0.25) is 4.79 Å². The standard InChI is InChI=1S/C75H143NO10/c1-3-5-7-9-11-13-15-17-19-21-23-25-27-29-31-33-35-37-39-41-43-45-47-49-51-53-55-57-59-61-63-68(79)74(84)76-66(65-85-75-73(83)72(82)71(81)69(64-77)86-75)70(80)67(78)62-60-58-56-54-52-50-48-46-44-42-40-38-36-34-32-30-28-26-24-22-20-18-16-14-12-10-8-6-4-2/h29,31,46,48,54,56,66-73,75,77-83H,3-28,30,32-45,47,49-53,55,57-65H2,1-2H3,(H,76,84)/b31-29-,48-46+,56-54+. The van der Waals surface area contributed by atoms with E-state index in [4.69, 9.17) is 9.47 Å². The molecule has 1 aliphatic rings. The number of amides is 1. The minimum atomic E-state index is -1.67. The molecule has 0 spiro atoms. The lowest BCUT2D eigenvalue weighted by atomic mass is 9.98. The maximum atomic E-state index is 13.3. The Bertz CT molecular complexity index is 1490. The Hall–Kier alpha value is -1.67. The Morgan fingerprint density at radius 3 is 1.03 bits per heavy atom. The number of carbonyl (C=O) groups excluding carboxylic acids is 1. The Morgan fingerprint density at radius 1 is 0.395 bits per heavy atom. The maximum absolute atomic E-state index is 13.3. The normalized spacial score (nSPS) is 18.9. The van der Waals surface area contributed by atoms with E-state index in [9.17, 15) is 40.5 Å². The van der Waals surface area contributed by atoms with Gasteiger partial charge in [-0.15, -0.1) is 0 Å². The van der Waals surface area contributed by atoms with Crippen LogP contribution in [0.3, 0.4) is 0 Å². The van der Waals surface area contributed by atoms with Crippen LogP contribution >= 0.6 is 0 Å². The Morgan fingerprint density at radius 2 is 0.698 bits per heavy atom. The van der Waals surface area contributed by atoms with Crippen LogP contribution in [0.5, 0.6) is 0 Å². The molecular formula is C75H143NO10. The molecule has 0 aromatic carbocycles. The number of carbonyl (C=O) groups is 1. The first-order valence-electron chi connectivity index (χ1n) is 37.4. The largest absolute Gasteiger partial charge is 0.394 e. The predicted octanol–water partition coefficient (Wildman–Crippen LogP) is 18.5.